The van der Waals surface area contributed by atoms with Crippen LogP contribution in [0.4, 0.5) is 17.1 Å². The standard InChI is InChI=1S/C41H26N2O/c1-2-7-27(8-3-1)28-16-18-32(19-17-28)43(34-21-23-38-37(26-34)41-39(44-38)11-6-24-42-41)33-20-22-36-31(25-33)15-14-30-13-12-29-9-4-5-10-35(29)40(30)36/h1-26H. The van der Waals surface area contributed by atoms with Crippen LogP contribution in [0.5, 0.6) is 0 Å². The SMILES string of the molecule is c1ccc(-c2ccc(N(c3ccc4c(ccc5ccc6ccccc6c54)c3)c3ccc4oc5cccnc5c4c3)cc2)cc1. The van der Waals surface area contributed by atoms with Crippen LogP contribution >= 0.6 is 0 Å². The molecule has 44 heavy (non-hydrogen) atoms. The van der Waals surface area contributed by atoms with E-state index in [0.29, 0.717) is 0 Å². The highest BCUT2D eigenvalue weighted by molar-refractivity contribution is 6.20. The molecule has 9 aromatic rings. The van der Waals surface area contributed by atoms with Crippen molar-refractivity contribution in [3.8, 4) is 11.1 Å². The third kappa shape index (κ3) is 3.94. The van der Waals surface area contributed by atoms with E-state index in [-0.39, 0.29) is 0 Å². The first-order chi connectivity index (χ1) is 21.8. The van der Waals surface area contributed by atoms with Gasteiger partial charge in [0, 0.05) is 28.6 Å². The Morgan fingerprint density at radius 3 is 2.00 bits per heavy atom. The lowest BCUT2D eigenvalue weighted by atomic mass is 9.96. The maximum atomic E-state index is 6.12. The molecule has 0 aliphatic carbocycles. The van der Waals surface area contributed by atoms with Gasteiger partial charge in [-0.3, -0.25) is 4.98 Å². The molecule has 0 atom stereocenters. The van der Waals surface area contributed by atoms with Crippen molar-refractivity contribution in [3.63, 3.8) is 0 Å². The van der Waals surface area contributed by atoms with E-state index >= 15 is 0 Å². The maximum absolute atomic E-state index is 6.12. The van der Waals surface area contributed by atoms with Gasteiger partial charge in [0.25, 0.3) is 0 Å². The van der Waals surface area contributed by atoms with Gasteiger partial charge in [-0.2, -0.15) is 0 Å². The van der Waals surface area contributed by atoms with Crippen molar-refractivity contribution in [2.45, 2.75) is 0 Å². The van der Waals surface area contributed by atoms with Crippen molar-refractivity contribution in [2.24, 2.45) is 0 Å². The minimum Gasteiger partial charge on any atom is -0.454 e. The Balaban J connectivity index is 1.25. The number of anilines is 3. The van der Waals surface area contributed by atoms with Crippen LogP contribution in [0.25, 0.3) is 65.5 Å². The van der Waals surface area contributed by atoms with Gasteiger partial charge in [-0.25, -0.2) is 0 Å². The molecule has 0 spiro atoms. The van der Waals surface area contributed by atoms with Gasteiger partial charge in [-0.05, 0) is 98.0 Å². The van der Waals surface area contributed by atoms with Crippen LogP contribution in [-0.4, -0.2) is 4.98 Å². The molecule has 2 aromatic heterocycles. The van der Waals surface area contributed by atoms with Gasteiger partial charge < -0.3 is 9.32 Å². The zero-order valence-electron chi connectivity index (χ0n) is 23.8. The summed E-state index contributed by atoms with van der Waals surface area (Å²) in [4.78, 5) is 6.97. The summed E-state index contributed by atoms with van der Waals surface area (Å²) in [6.07, 6.45) is 1.82. The van der Waals surface area contributed by atoms with Crippen molar-refractivity contribution in [1.29, 1.82) is 0 Å². The Hall–Kier alpha value is -5.93. The highest BCUT2D eigenvalue weighted by Gasteiger charge is 2.17. The minimum absolute atomic E-state index is 0.795. The average Bonchev–Trinajstić information content (AvgIpc) is 3.47. The molecule has 3 nitrogen and oxygen atoms in total. The second kappa shape index (κ2) is 9.82. The summed E-state index contributed by atoms with van der Waals surface area (Å²) in [6.45, 7) is 0. The van der Waals surface area contributed by atoms with Gasteiger partial charge in [0.2, 0.25) is 0 Å². The number of benzene rings is 7. The normalized spacial score (nSPS) is 11.6. The first-order valence-corrected chi connectivity index (χ1v) is 14.9. The third-order valence-electron chi connectivity index (χ3n) is 8.67. The fourth-order valence-corrected chi connectivity index (χ4v) is 6.57. The van der Waals surface area contributed by atoms with Crippen molar-refractivity contribution in [2.75, 3.05) is 4.90 Å². The van der Waals surface area contributed by atoms with E-state index in [1.165, 1.54) is 43.4 Å². The zero-order chi connectivity index (χ0) is 29.0. The molecule has 0 radical (unpaired) electrons. The molecule has 0 aliphatic heterocycles. The fraction of sp³-hybridized carbons (Fsp3) is 0. The van der Waals surface area contributed by atoms with Crippen LogP contribution in [0.2, 0.25) is 0 Å². The quantitative estimate of drug-likeness (QED) is 0.200. The molecule has 2 heterocycles. The number of hydrogen-bond acceptors (Lipinski definition) is 3. The van der Waals surface area contributed by atoms with Crippen molar-refractivity contribution < 1.29 is 4.42 Å². The van der Waals surface area contributed by atoms with Crippen LogP contribution in [0, 0.1) is 0 Å². The Bertz CT molecular complexity index is 2490. The third-order valence-corrected chi connectivity index (χ3v) is 8.67. The molecule has 9 rings (SSSR count). The van der Waals surface area contributed by atoms with Crippen molar-refractivity contribution >= 4 is 71.4 Å². The monoisotopic (exact) mass is 562 g/mol. The van der Waals surface area contributed by atoms with Gasteiger partial charge >= 0.3 is 0 Å². The summed E-state index contributed by atoms with van der Waals surface area (Å²) in [6, 6.07) is 54.0. The Morgan fingerprint density at radius 1 is 0.432 bits per heavy atom. The van der Waals surface area contributed by atoms with Gasteiger partial charge in [0.05, 0.1) is 0 Å². The fourth-order valence-electron chi connectivity index (χ4n) is 6.57. The second-order valence-electron chi connectivity index (χ2n) is 11.2. The Kier molecular flexibility index (Phi) is 5.50. The van der Waals surface area contributed by atoms with Crippen molar-refractivity contribution in [3.05, 3.63) is 158 Å². The van der Waals surface area contributed by atoms with Crippen molar-refractivity contribution in [1.82, 2.24) is 4.98 Å². The number of furan rings is 1. The lowest BCUT2D eigenvalue weighted by molar-refractivity contribution is 0.668. The van der Waals surface area contributed by atoms with E-state index in [1.54, 1.807) is 0 Å². The molecule has 0 saturated heterocycles. The summed E-state index contributed by atoms with van der Waals surface area (Å²) in [5, 5.41) is 8.54. The molecule has 0 saturated carbocycles. The average molecular weight is 563 g/mol. The Morgan fingerprint density at radius 2 is 1.11 bits per heavy atom. The Labute approximate surface area is 254 Å². The topological polar surface area (TPSA) is 29.3 Å². The van der Waals surface area contributed by atoms with Crippen LogP contribution in [0.3, 0.4) is 0 Å². The number of fused-ring (bicyclic) bond motifs is 8. The van der Waals surface area contributed by atoms with Crippen LogP contribution < -0.4 is 4.90 Å². The van der Waals surface area contributed by atoms with Gasteiger partial charge in [0.15, 0.2) is 5.58 Å². The smallest absolute Gasteiger partial charge is 0.153 e. The van der Waals surface area contributed by atoms with Crippen LogP contribution in [0.1, 0.15) is 0 Å². The molecular formula is C41H26N2O. The van der Waals surface area contributed by atoms with Gasteiger partial charge in [-0.1, -0.05) is 97.1 Å². The number of rotatable bonds is 4. The molecule has 7 aromatic carbocycles. The first-order valence-electron chi connectivity index (χ1n) is 14.9. The largest absolute Gasteiger partial charge is 0.454 e. The van der Waals surface area contributed by atoms with E-state index in [4.69, 9.17) is 4.42 Å². The predicted octanol–water partition coefficient (Wildman–Crippen LogP) is 11.6. The molecular weight excluding hydrogens is 536 g/mol. The molecule has 0 fully saturated rings. The molecule has 0 N–H and O–H groups in total. The molecule has 3 heteroatoms. The maximum Gasteiger partial charge on any atom is 0.153 e. The number of nitrogens with zero attached hydrogens (tertiary/aromatic N) is 2. The highest BCUT2D eigenvalue weighted by atomic mass is 16.3. The second-order valence-corrected chi connectivity index (χ2v) is 11.2. The van der Waals surface area contributed by atoms with Gasteiger partial charge in [-0.15, -0.1) is 0 Å². The summed E-state index contributed by atoms with van der Waals surface area (Å²) in [7, 11) is 0. The molecule has 206 valence electrons. The minimum atomic E-state index is 0.795. The van der Waals surface area contributed by atoms with Crippen LogP contribution in [0.15, 0.2) is 162 Å². The molecule has 0 amide bonds. The van der Waals surface area contributed by atoms with E-state index in [2.05, 4.69) is 149 Å². The molecule has 0 bridgehead atoms. The van der Waals surface area contributed by atoms with E-state index in [1.807, 2.05) is 18.3 Å². The number of pyridine rings is 1. The molecule has 0 unspecified atom stereocenters. The highest BCUT2D eigenvalue weighted by Crippen LogP contribution is 2.41. The lowest BCUT2D eigenvalue weighted by Gasteiger charge is -2.26. The summed E-state index contributed by atoms with van der Waals surface area (Å²) >= 11 is 0. The summed E-state index contributed by atoms with van der Waals surface area (Å²) in [5.41, 5.74) is 8.10. The van der Waals surface area contributed by atoms with Gasteiger partial charge in [0.1, 0.15) is 11.1 Å². The summed E-state index contributed by atoms with van der Waals surface area (Å²) < 4.78 is 6.12. The zero-order valence-corrected chi connectivity index (χ0v) is 23.8. The van der Waals surface area contributed by atoms with Crippen LogP contribution in [-0.2, 0) is 0 Å². The lowest BCUT2D eigenvalue weighted by Crippen LogP contribution is -2.09. The molecule has 0 aliphatic rings. The number of hydrogen-bond donors (Lipinski definition) is 0. The summed E-state index contributed by atoms with van der Waals surface area (Å²) in [5.74, 6) is 0. The number of aromatic nitrogens is 1. The van der Waals surface area contributed by atoms with E-state index in [0.717, 1.165) is 39.1 Å². The first kappa shape index (κ1) is 24.6. The predicted molar refractivity (Wildman–Crippen MR) is 184 cm³/mol. The van der Waals surface area contributed by atoms with E-state index in [9.17, 15) is 0 Å². The van der Waals surface area contributed by atoms with E-state index < -0.39 is 0 Å².